The second-order valence-corrected chi connectivity index (χ2v) is 6.85. The highest BCUT2D eigenvalue weighted by molar-refractivity contribution is 5.79. The number of furan rings is 1. The van der Waals surface area contributed by atoms with E-state index in [4.69, 9.17) is 13.9 Å². The van der Waals surface area contributed by atoms with E-state index in [1.54, 1.807) is 25.5 Å². The molecule has 0 saturated heterocycles. The zero-order valence-electron chi connectivity index (χ0n) is 16.2. The van der Waals surface area contributed by atoms with Gasteiger partial charge in [-0.1, -0.05) is 18.2 Å². The van der Waals surface area contributed by atoms with E-state index in [0.717, 1.165) is 22.4 Å². The van der Waals surface area contributed by atoms with Crippen LogP contribution in [0.25, 0.3) is 0 Å². The standard InChI is InChI=1S/C23H22NO5/c1-2-28-20(25)9-10-21(26)29-19-8-5-6-16-14-24-12-4-3-7-18(24)22(23(16)19)17-11-13-27-15-17/h3-8,11-13,15,22H,2,9-10,14H2,1H3/q+1. The molecule has 1 aliphatic rings. The second kappa shape index (κ2) is 8.31. The van der Waals surface area contributed by atoms with Crippen LogP contribution in [0.15, 0.2) is 65.6 Å². The van der Waals surface area contributed by atoms with Crippen molar-refractivity contribution in [2.75, 3.05) is 6.61 Å². The highest BCUT2D eigenvalue weighted by Crippen LogP contribution is 2.40. The summed E-state index contributed by atoms with van der Waals surface area (Å²) in [6.45, 7) is 2.72. The van der Waals surface area contributed by atoms with Gasteiger partial charge in [-0.2, -0.15) is 4.57 Å². The fourth-order valence-corrected chi connectivity index (χ4v) is 3.76. The molecule has 4 rings (SSSR count). The molecule has 0 N–H and O–H groups in total. The first kappa shape index (κ1) is 18.9. The molecule has 0 amide bonds. The number of hydrogen-bond acceptors (Lipinski definition) is 5. The molecule has 0 saturated carbocycles. The normalized spacial score (nSPS) is 14.6. The van der Waals surface area contributed by atoms with Crippen molar-refractivity contribution in [3.05, 3.63) is 83.6 Å². The van der Waals surface area contributed by atoms with Crippen LogP contribution in [0, 0.1) is 0 Å². The lowest BCUT2D eigenvalue weighted by molar-refractivity contribution is -0.698. The third-order valence-corrected chi connectivity index (χ3v) is 5.00. The fraction of sp³-hybridized carbons (Fsp3) is 0.261. The average molecular weight is 392 g/mol. The Kier molecular flexibility index (Phi) is 5.42. The number of aromatic nitrogens is 1. The van der Waals surface area contributed by atoms with Crippen LogP contribution in [0.4, 0.5) is 0 Å². The summed E-state index contributed by atoms with van der Waals surface area (Å²) in [4.78, 5) is 23.9. The van der Waals surface area contributed by atoms with Gasteiger partial charge in [0.2, 0.25) is 0 Å². The summed E-state index contributed by atoms with van der Waals surface area (Å²) in [5, 5.41) is 0. The van der Waals surface area contributed by atoms with Crippen LogP contribution in [-0.2, 0) is 20.9 Å². The summed E-state index contributed by atoms with van der Waals surface area (Å²) in [5.74, 6) is -0.463. The lowest BCUT2D eigenvalue weighted by Crippen LogP contribution is -2.44. The number of pyridine rings is 1. The van der Waals surface area contributed by atoms with E-state index in [1.165, 1.54) is 0 Å². The van der Waals surface area contributed by atoms with Gasteiger partial charge < -0.3 is 13.9 Å². The Balaban J connectivity index is 1.66. The number of rotatable bonds is 6. The number of carbonyl (C=O) groups excluding carboxylic acids is 2. The second-order valence-electron chi connectivity index (χ2n) is 6.85. The minimum atomic E-state index is -0.455. The number of hydrogen-bond donors (Lipinski definition) is 0. The van der Waals surface area contributed by atoms with Gasteiger partial charge in [0.05, 0.1) is 32.0 Å². The van der Waals surface area contributed by atoms with Crippen molar-refractivity contribution in [3.63, 3.8) is 0 Å². The number of nitrogens with zero attached hydrogens (tertiary/aromatic N) is 1. The van der Waals surface area contributed by atoms with E-state index in [0.29, 0.717) is 18.9 Å². The van der Waals surface area contributed by atoms with Gasteiger partial charge in [0, 0.05) is 28.8 Å². The molecular formula is C23H22NO5+. The number of ether oxygens (including phenoxy) is 2. The van der Waals surface area contributed by atoms with Gasteiger partial charge in [-0.3, -0.25) is 9.59 Å². The summed E-state index contributed by atoms with van der Waals surface area (Å²) >= 11 is 0. The van der Waals surface area contributed by atoms with Crippen molar-refractivity contribution in [2.24, 2.45) is 0 Å². The summed E-state index contributed by atoms with van der Waals surface area (Å²) < 4.78 is 18.1. The predicted molar refractivity (Wildman–Crippen MR) is 103 cm³/mol. The molecule has 6 heteroatoms. The zero-order valence-corrected chi connectivity index (χ0v) is 16.2. The van der Waals surface area contributed by atoms with Crippen molar-refractivity contribution in [1.82, 2.24) is 0 Å². The Morgan fingerprint density at radius 1 is 1.10 bits per heavy atom. The summed E-state index contributed by atoms with van der Waals surface area (Å²) in [5.41, 5.74) is 4.11. The van der Waals surface area contributed by atoms with E-state index in [-0.39, 0.29) is 18.8 Å². The molecule has 1 aromatic carbocycles. The van der Waals surface area contributed by atoms with Crippen LogP contribution in [-0.4, -0.2) is 18.5 Å². The first-order valence-corrected chi connectivity index (χ1v) is 9.66. The summed E-state index contributed by atoms with van der Waals surface area (Å²) in [6.07, 6.45) is 5.39. The maximum absolute atomic E-state index is 12.4. The third kappa shape index (κ3) is 3.92. The number of fused-ring (bicyclic) bond motifs is 2. The zero-order chi connectivity index (χ0) is 20.2. The molecule has 3 aromatic rings. The lowest BCUT2D eigenvalue weighted by atomic mass is 9.83. The van der Waals surface area contributed by atoms with Gasteiger partial charge in [-0.25, -0.2) is 0 Å². The average Bonchev–Trinajstić information content (AvgIpc) is 3.25. The minimum absolute atomic E-state index is 0.00550. The Labute approximate surface area is 168 Å². The van der Waals surface area contributed by atoms with Crippen LogP contribution in [0.3, 0.4) is 0 Å². The molecule has 1 aliphatic heterocycles. The predicted octanol–water partition coefficient (Wildman–Crippen LogP) is 3.36. The highest BCUT2D eigenvalue weighted by Gasteiger charge is 2.36. The van der Waals surface area contributed by atoms with E-state index in [2.05, 4.69) is 10.6 Å². The summed E-state index contributed by atoms with van der Waals surface area (Å²) in [6, 6.07) is 13.7. The SMILES string of the molecule is CCOC(=O)CCC(=O)Oc1cccc2c1C(c1ccoc1)c1cccc[n+]1C2. The van der Waals surface area contributed by atoms with Gasteiger partial charge in [-0.15, -0.1) is 0 Å². The maximum Gasteiger partial charge on any atom is 0.311 e. The largest absolute Gasteiger partial charge is 0.472 e. The first-order valence-electron chi connectivity index (χ1n) is 9.66. The first-order chi connectivity index (χ1) is 14.2. The Morgan fingerprint density at radius 2 is 1.97 bits per heavy atom. The fourth-order valence-electron chi connectivity index (χ4n) is 3.76. The molecule has 148 valence electrons. The van der Waals surface area contributed by atoms with Crippen molar-refractivity contribution in [2.45, 2.75) is 32.2 Å². The molecule has 0 radical (unpaired) electrons. The van der Waals surface area contributed by atoms with Gasteiger partial charge in [0.1, 0.15) is 11.7 Å². The molecule has 0 bridgehead atoms. The molecule has 1 unspecified atom stereocenters. The molecule has 6 nitrogen and oxygen atoms in total. The molecule has 3 heterocycles. The van der Waals surface area contributed by atoms with Gasteiger partial charge in [-0.05, 0) is 19.1 Å². The Morgan fingerprint density at radius 3 is 2.76 bits per heavy atom. The minimum Gasteiger partial charge on any atom is -0.472 e. The molecule has 0 spiro atoms. The van der Waals surface area contributed by atoms with Crippen LogP contribution in [0.2, 0.25) is 0 Å². The van der Waals surface area contributed by atoms with Crippen molar-refractivity contribution < 1.29 is 28.0 Å². The van der Waals surface area contributed by atoms with E-state index in [1.807, 2.05) is 36.5 Å². The number of esters is 2. The van der Waals surface area contributed by atoms with E-state index < -0.39 is 11.9 Å². The smallest absolute Gasteiger partial charge is 0.311 e. The van der Waals surface area contributed by atoms with Crippen LogP contribution < -0.4 is 9.30 Å². The van der Waals surface area contributed by atoms with Crippen LogP contribution in [0.1, 0.15) is 48.1 Å². The monoisotopic (exact) mass is 392 g/mol. The van der Waals surface area contributed by atoms with Crippen molar-refractivity contribution in [1.29, 1.82) is 0 Å². The van der Waals surface area contributed by atoms with Gasteiger partial charge >= 0.3 is 11.9 Å². The Hall–Kier alpha value is -3.41. The molecule has 1 atom stereocenters. The molecular weight excluding hydrogens is 370 g/mol. The topological polar surface area (TPSA) is 69.6 Å². The van der Waals surface area contributed by atoms with Crippen molar-refractivity contribution in [3.8, 4) is 5.75 Å². The summed E-state index contributed by atoms with van der Waals surface area (Å²) in [7, 11) is 0. The maximum atomic E-state index is 12.4. The van der Waals surface area contributed by atoms with Gasteiger partial charge in [0.25, 0.3) is 0 Å². The quantitative estimate of drug-likeness (QED) is 0.286. The number of benzene rings is 1. The Bertz CT molecular complexity index is 1030. The lowest BCUT2D eigenvalue weighted by Gasteiger charge is -2.24. The van der Waals surface area contributed by atoms with E-state index >= 15 is 0 Å². The number of carbonyl (C=O) groups is 2. The molecule has 2 aromatic heterocycles. The third-order valence-electron chi connectivity index (χ3n) is 5.00. The molecule has 0 fully saturated rings. The van der Waals surface area contributed by atoms with Gasteiger partial charge in [0.15, 0.2) is 18.4 Å². The van der Waals surface area contributed by atoms with Crippen LogP contribution in [0.5, 0.6) is 5.75 Å². The van der Waals surface area contributed by atoms with Crippen LogP contribution >= 0.6 is 0 Å². The van der Waals surface area contributed by atoms with E-state index in [9.17, 15) is 9.59 Å². The highest BCUT2D eigenvalue weighted by atomic mass is 16.5. The molecule has 0 aliphatic carbocycles. The van der Waals surface area contributed by atoms with Crippen molar-refractivity contribution >= 4 is 11.9 Å². The molecule has 29 heavy (non-hydrogen) atoms.